The molecule has 1 fully saturated rings. The molecular formula is C20H23N7O. The van der Waals surface area contributed by atoms with Crippen molar-refractivity contribution in [2.24, 2.45) is 0 Å². The minimum atomic E-state index is 0.455. The van der Waals surface area contributed by atoms with Crippen molar-refractivity contribution in [3.63, 3.8) is 0 Å². The van der Waals surface area contributed by atoms with Crippen LogP contribution in [-0.2, 0) is 0 Å². The van der Waals surface area contributed by atoms with Gasteiger partial charge in [0.1, 0.15) is 11.6 Å². The molecule has 3 aromatic rings. The highest BCUT2D eigenvalue weighted by atomic mass is 16.5. The summed E-state index contributed by atoms with van der Waals surface area (Å²) in [5.41, 5.74) is 0.822. The van der Waals surface area contributed by atoms with E-state index in [2.05, 4.69) is 35.3 Å². The van der Waals surface area contributed by atoms with Crippen LogP contribution in [0.1, 0.15) is 6.92 Å². The van der Waals surface area contributed by atoms with Crippen LogP contribution in [0, 0.1) is 0 Å². The number of benzene rings is 1. The summed E-state index contributed by atoms with van der Waals surface area (Å²) in [6.45, 7) is 6.03. The minimum Gasteiger partial charge on any atom is -0.492 e. The largest absolute Gasteiger partial charge is 0.492 e. The minimum absolute atomic E-state index is 0.455. The highest BCUT2D eigenvalue weighted by Gasteiger charge is 2.19. The molecule has 0 bridgehead atoms. The summed E-state index contributed by atoms with van der Waals surface area (Å²) < 4.78 is 5.65. The fourth-order valence-electron chi connectivity index (χ4n) is 3.18. The number of aromatic nitrogens is 4. The Labute approximate surface area is 164 Å². The maximum Gasteiger partial charge on any atom is 0.249 e. The normalized spacial score (nSPS) is 14.0. The Morgan fingerprint density at radius 2 is 1.71 bits per heavy atom. The number of anilines is 4. The van der Waals surface area contributed by atoms with E-state index in [0.717, 1.165) is 49.3 Å². The van der Waals surface area contributed by atoms with Crippen molar-refractivity contribution < 1.29 is 4.74 Å². The predicted octanol–water partition coefficient (Wildman–Crippen LogP) is 2.74. The van der Waals surface area contributed by atoms with Gasteiger partial charge in [0.05, 0.1) is 18.5 Å². The number of nitrogens with zero attached hydrogens (tertiary/aromatic N) is 6. The van der Waals surface area contributed by atoms with Crippen LogP contribution >= 0.6 is 0 Å². The van der Waals surface area contributed by atoms with Gasteiger partial charge in [-0.05, 0) is 31.2 Å². The topological polar surface area (TPSA) is 79.3 Å². The van der Waals surface area contributed by atoms with Gasteiger partial charge in [0.2, 0.25) is 5.95 Å². The van der Waals surface area contributed by atoms with E-state index in [0.29, 0.717) is 12.6 Å². The molecule has 8 nitrogen and oxygen atoms in total. The molecule has 0 atom stereocenters. The van der Waals surface area contributed by atoms with Gasteiger partial charge < -0.3 is 19.9 Å². The number of para-hydroxylation sites is 2. The summed E-state index contributed by atoms with van der Waals surface area (Å²) in [6, 6.07) is 13.7. The molecule has 0 spiro atoms. The Balaban J connectivity index is 1.43. The second-order valence-electron chi connectivity index (χ2n) is 6.35. The Morgan fingerprint density at radius 1 is 0.964 bits per heavy atom. The Morgan fingerprint density at radius 3 is 2.46 bits per heavy atom. The molecule has 2 aromatic heterocycles. The number of pyridine rings is 1. The standard InChI is InChI=1S/C20H23N7O/c1-2-28-17-8-4-3-7-16(17)23-20-24-19(15-22-25-20)27-13-11-26(12-14-27)18-9-5-6-10-21-18/h3-10,15H,2,11-14H2,1H3,(H,23,24,25). The van der Waals surface area contributed by atoms with Crippen molar-refractivity contribution in [3.05, 3.63) is 54.9 Å². The molecule has 1 N–H and O–H groups in total. The second kappa shape index (κ2) is 8.51. The van der Waals surface area contributed by atoms with Crippen LogP contribution in [0.2, 0.25) is 0 Å². The first kappa shape index (κ1) is 18.0. The summed E-state index contributed by atoms with van der Waals surface area (Å²) >= 11 is 0. The number of ether oxygens (including phenoxy) is 1. The molecule has 1 aliphatic heterocycles. The average molecular weight is 377 g/mol. The smallest absolute Gasteiger partial charge is 0.249 e. The van der Waals surface area contributed by atoms with E-state index >= 15 is 0 Å². The van der Waals surface area contributed by atoms with Crippen molar-refractivity contribution in [3.8, 4) is 5.75 Å². The molecule has 28 heavy (non-hydrogen) atoms. The zero-order valence-corrected chi connectivity index (χ0v) is 15.8. The zero-order valence-electron chi connectivity index (χ0n) is 15.8. The number of nitrogens with one attached hydrogen (secondary N) is 1. The lowest BCUT2D eigenvalue weighted by Crippen LogP contribution is -2.47. The van der Waals surface area contributed by atoms with Gasteiger partial charge in [0, 0.05) is 32.4 Å². The zero-order chi connectivity index (χ0) is 19.2. The second-order valence-corrected chi connectivity index (χ2v) is 6.35. The lowest BCUT2D eigenvalue weighted by atomic mass is 10.3. The van der Waals surface area contributed by atoms with Crippen molar-refractivity contribution in [2.45, 2.75) is 6.92 Å². The van der Waals surface area contributed by atoms with Crippen LogP contribution in [0.5, 0.6) is 5.75 Å². The van der Waals surface area contributed by atoms with Gasteiger partial charge >= 0.3 is 0 Å². The lowest BCUT2D eigenvalue weighted by molar-refractivity contribution is 0.342. The Kier molecular flexibility index (Phi) is 5.46. The van der Waals surface area contributed by atoms with Crippen LogP contribution < -0.4 is 19.9 Å². The summed E-state index contributed by atoms with van der Waals surface area (Å²) in [5, 5.41) is 11.5. The van der Waals surface area contributed by atoms with Gasteiger partial charge in [-0.15, -0.1) is 5.10 Å². The summed E-state index contributed by atoms with van der Waals surface area (Å²) in [6.07, 6.45) is 3.53. The number of hydrogen-bond acceptors (Lipinski definition) is 8. The molecule has 0 aliphatic carbocycles. The third kappa shape index (κ3) is 4.11. The van der Waals surface area contributed by atoms with Crippen LogP contribution in [0.25, 0.3) is 0 Å². The summed E-state index contributed by atoms with van der Waals surface area (Å²) in [5.74, 6) is 3.05. The van der Waals surface area contributed by atoms with Gasteiger partial charge in [-0.1, -0.05) is 18.2 Å². The Bertz CT molecular complexity index is 898. The van der Waals surface area contributed by atoms with Crippen LogP contribution in [-0.4, -0.2) is 53.0 Å². The van der Waals surface area contributed by atoms with E-state index in [1.54, 1.807) is 6.20 Å². The molecule has 0 amide bonds. The first-order valence-electron chi connectivity index (χ1n) is 9.43. The van der Waals surface area contributed by atoms with E-state index < -0.39 is 0 Å². The first-order valence-corrected chi connectivity index (χ1v) is 9.43. The molecule has 144 valence electrons. The summed E-state index contributed by atoms with van der Waals surface area (Å²) in [7, 11) is 0. The van der Waals surface area contributed by atoms with E-state index in [1.807, 2.05) is 55.6 Å². The summed E-state index contributed by atoms with van der Waals surface area (Å²) in [4.78, 5) is 13.6. The van der Waals surface area contributed by atoms with Gasteiger partial charge in [-0.3, -0.25) is 0 Å². The van der Waals surface area contributed by atoms with Gasteiger partial charge in [0.15, 0.2) is 5.82 Å². The predicted molar refractivity (Wildman–Crippen MR) is 109 cm³/mol. The van der Waals surface area contributed by atoms with E-state index in [4.69, 9.17) is 4.74 Å². The molecule has 1 saturated heterocycles. The Hall–Kier alpha value is -3.42. The molecule has 0 saturated carbocycles. The average Bonchev–Trinajstić information content (AvgIpc) is 2.76. The highest BCUT2D eigenvalue weighted by molar-refractivity contribution is 5.62. The molecule has 8 heteroatoms. The monoisotopic (exact) mass is 377 g/mol. The van der Waals surface area contributed by atoms with Crippen molar-refractivity contribution >= 4 is 23.3 Å². The maximum atomic E-state index is 5.65. The molecule has 0 radical (unpaired) electrons. The van der Waals surface area contributed by atoms with Crippen molar-refractivity contribution in [1.82, 2.24) is 20.2 Å². The van der Waals surface area contributed by atoms with Gasteiger partial charge in [-0.25, -0.2) is 4.98 Å². The third-order valence-electron chi connectivity index (χ3n) is 4.56. The molecule has 1 aromatic carbocycles. The number of rotatable bonds is 6. The van der Waals surface area contributed by atoms with E-state index in [-0.39, 0.29) is 0 Å². The first-order chi connectivity index (χ1) is 13.8. The van der Waals surface area contributed by atoms with Crippen LogP contribution in [0.4, 0.5) is 23.3 Å². The quantitative estimate of drug-likeness (QED) is 0.702. The third-order valence-corrected chi connectivity index (χ3v) is 4.56. The van der Waals surface area contributed by atoms with Gasteiger partial charge in [0.25, 0.3) is 0 Å². The SMILES string of the molecule is CCOc1ccccc1Nc1nncc(N2CCN(c3ccccn3)CC2)n1. The van der Waals surface area contributed by atoms with Crippen LogP contribution in [0.3, 0.4) is 0 Å². The number of hydrogen-bond donors (Lipinski definition) is 1. The lowest BCUT2D eigenvalue weighted by Gasteiger charge is -2.35. The van der Waals surface area contributed by atoms with E-state index in [1.165, 1.54) is 0 Å². The molecular weight excluding hydrogens is 354 g/mol. The fourth-order valence-corrected chi connectivity index (χ4v) is 3.18. The van der Waals surface area contributed by atoms with Crippen LogP contribution in [0.15, 0.2) is 54.9 Å². The molecule has 4 rings (SSSR count). The fraction of sp³-hybridized carbons (Fsp3) is 0.300. The van der Waals surface area contributed by atoms with Crippen molar-refractivity contribution in [2.75, 3.05) is 47.9 Å². The molecule has 1 aliphatic rings. The maximum absolute atomic E-state index is 5.65. The highest BCUT2D eigenvalue weighted by Crippen LogP contribution is 2.26. The number of piperazine rings is 1. The van der Waals surface area contributed by atoms with E-state index in [9.17, 15) is 0 Å². The van der Waals surface area contributed by atoms with Gasteiger partial charge in [-0.2, -0.15) is 10.1 Å². The van der Waals surface area contributed by atoms with Crippen molar-refractivity contribution in [1.29, 1.82) is 0 Å². The molecule has 0 unspecified atom stereocenters. The molecule has 3 heterocycles.